The van der Waals surface area contributed by atoms with Gasteiger partial charge in [-0.3, -0.25) is 0 Å². The molecular weight excluding hydrogens is 216 g/mol. The monoisotopic (exact) mass is 230 g/mol. The molecule has 1 aromatic carbocycles. The quantitative estimate of drug-likeness (QED) is 0.790. The Morgan fingerprint density at radius 1 is 1.27 bits per heavy atom. The number of hydrogen-bond donors (Lipinski definition) is 2. The van der Waals surface area contributed by atoms with Gasteiger partial charge in [-0.25, -0.2) is 0 Å². The van der Waals surface area contributed by atoms with Crippen LogP contribution < -0.4 is 20.9 Å². The van der Waals surface area contributed by atoms with Gasteiger partial charge in [0.1, 0.15) is 13.2 Å². The van der Waals surface area contributed by atoms with Crippen molar-refractivity contribution >= 4 is 12.4 Å². The van der Waals surface area contributed by atoms with Gasteiger partial charge < -0.3 is 20.9 Å². The molecule has 2 rings (SSSR count). The smallest absolute Gasteiger partial charge is 0.166 e. The SMILES string of the molecule is Cl.NC[C@@H](N)c1cccc2c1OCCO2. The number of benzene rings is 1. The molecule has 4 N–H and O–H groups in total. The van der Waals surface area contributed by atoms with Crippen LogP contribution in [0.25, 0.3) is 0 Å². The summed E-state index contributed by atoms with van der Waals surface area (Å²) in [6, 6.07) is 5.51. The third-order valence-electron chi connectivity index (χ3n) is 2.25. The summed E-state index contributed by atoms with van der Waals surface area (Å²) in [6.45, 7) is 1.56. The number of fused-ring (bicyclic) bond motifs is 1. The third kappa shape index (κ3) is 2.34. The highest BCUT2D eigenvalue weighted by Crippen LogP contribution is 2.35. The van der Waals surface area contributed by atoms with Crippen LogP contribution in [-0.2, 0) is 0 Å². The molecule has 1 aromatic rings. The van der Waals surface area contributed by atoms with Gasteiger partial charge in [0.15, 0.2) is 11.5 Å². The Hall–Kier alpha value is -0.970. The molecule has 0 spiro atoms. The second-order valence-electron chi connectivity index (χ2n) is 3.21. The van der Waals surface area contributed by atoms with Crippen LogP contribution in [0.5, 0.6) is 11.5 Å². The first kappa shape index (κ1) is 12.1. The van der Waals surface area contributed by atoms with Crippen molar-refractivity contribution in [2.24, 2.45) is 11.5 Å². The Morgan fingerprint density at radius 3 is 2.73 bits per heavy atom. The second-order valence-corrected chi connectivity index (χ2v) is 3.21. The molecule has 0 aromatic heterocycles. The molecule has 15 heavy (non-hydrogen) atoms. The molecule has 0 unspecified atom stereocenters. The van der Waals surface area contributed by atoms with Crippen molar-refractivity contribution in [1.82, 2.24) is 0 Å². The zero-order valence-corrected chi connectivity index (χ0v) is 9.13. The fourth-order valence-electron chi connectivity index (χ4n) is 1.52. The van der Waals surface area contributed by atoms with E-state index in [0.717, 1.165) is 17.1 Å². The van der Waals surface area contributed by atoms with Gasteiger partial charge in [0.05, 0.1) is 0 Å². The maximum Gasteiger partial charge on any atom is 0.166 e. The van der Waals surface area contributed by atoms with E-state index in [0.29, 0.717) is 19.8 Å². The van der Waals surface area contributed by atoms with Crippen molar-refractivity contribution in [2.45, 2.75) is 6.04 Å². The topological polar surface area (TPSA) is 70.5 Å². The fraction of sp³-hybridized carbons (Fsp3) is 0.400. The molecule has 1 aliphatic heterocycles. The summed E-state index contributed by atoms with van der Waals surface area (Å²) in [5.41, 5.74) is 12.3. The summed E-state index contributed by atoms with van der Waals surface area (Å²) in [5, 5.41) is 0. The van der Waals surface area contributed by atoms with E-state index in [4.69, 9.17) is 20.9 Å². The van der Waals surface area contributed by atoms with Crippen LogP contribution in [0.4, 0.5) is 0 Å². The maximum atomic E-state index is 5.86. The maximum absolute atomic E-state index is 5.86. The molecule has 0 fully saturated rings. The Bertz CT molecular complexity index is 333. The largest absolute Gasteiger partial charge is 0.486 e. The lowest BCUT2D eigenvalue weighted by Crippen LogP contribution is -2.24. The molecule has 0 amide bonds. The molecule has 84 valence electrons. The summed E-state index contributed by atoms with van der Waals surface area (Å²) in [7, 11) is 0. The molecule has 0 saturated heterocycles. The van der Waals surface area contributed by atoms with E-state index in [1.807, 2.05) is 18.2 Å². The zero-order valence-electron chi connectivity index (χ0n) is 8.31. The first-order chi connectivity index (χ1) is 6.83. The normalized spacial score (nSPS) is 15.3. The Morgan fingerprint density at radius 2 is 2.00 bits per heavy atom. The number of halogens is 1. The zero-order chi connectivity index (χ0) is 9.97. The highest BCUT2D eigenvalue weighted by molar-refractivity contribution is 5.85. The number of para-hydroxylation sites is 1. The molecule has 0 aliphatic carbocycles. The highest BCUT2D eigenvalue weighted by atomic mass is 35.5. The van der Waals surface area contributed by atoms with Gasteiger partial charge in [0.25, 0.3) is 0 Å². The first-order valence-corrected chi connectivity index (χ1v) is 4.67. The van der Waals surface area contributed by atoms with Crippen LogP contribution in [0.3, 0.4) is 0 Å². The molecule has 0 bridgehead atoms. The molecular formula is C10H15ClN2O2. The summed E-state index contributed by atoms with van der Waals surface area (Å²) in [5.74, 6) is 1.51. The predicted octanol–water partition coefficient (Wildman–Crippen LogP) is 0.838. The summed E-state index contributed by atoms with van der Waals surface area (Å²) < 4.78 is 11.0. The standard InChI is InChI=1S/C10H14N2O2.ClH/c11-6-8(12)7-2-1-3-9-10(7)14-5-4-13-9;/h1-3,8H,4-6,11-12H2;1H/t8-;/m1./s1. The molecule has 1 heterocycles. The Labute approximate surface area is 94.9 Å². The van der Waals surface area contributed by atoms with E-state index >= 15 is 0 Å². The number of hydrogen-bond acceptors (Lipinski definition) is 4. The van der Waals surface area contributed by atoms with Crippen molar-refractivity contribution in [1.29, 1.82) is 0 Å². The lowest BCUT2D eigenvalue weighted by Gasteiger charge is -2.22. The van der Waals surface area contributed by atoms with E-state index in [1.54, 1.807) is 0 Å². The number of nitrogens with two attached hydrogens (primary N) is 2. The molecule has 0 saturated carbocycles. The van der Waals surface area contributed by atoms with Gasteiger partial charge in [-0.1, -0.05) is 12.1 Å². The van der Waals surface area contributed by atoms with Crippen LogP contribution in [0.15, 0.2) is 18.2 Å². The van der Waals surface area contributed by atoms with Crippen LogP contribution in [-0.4, -0.2) is 19.8 Å². The fourth-order valence-corrected chi connectivity index (χ4v) is 1.52. The summed E-state index contributed by atoms with van der Waals surface area (Å²) in [4.78, 5) is 0. The Balaban J connectivity index is 0.00000112. The van der Waals surface area contributed by atoms with Gasteiger partial charge in [-0.2, -0.15) is 0 Å². The van der Waals surface area contributed by atoms with Crippen LogP contribution in [0.1, 0.15) is 11.6 Å². The molecule has 1 aliphatic rings. The number of ether oxygens (including phenoxy) is 2. The van der Waals surface area contributed by atoms with Crippen molar-refractivity contribution < 1.29 is 9.47 Å². The minimum atomic E-state index is -0.188. The molecule has 4 nitrogen and oxygen atoms in total. The van der Waals surface area contributed by atoms with Crippen LogP contribution in [0, 0.1) is 0 Å². The van der Waals surface area contributed by atoms with Gasteiger partial charge >= 0.3 is 0 Å². The average Bonchev–Trinajstić information content (AvgIpc) is 2.27. The summed E-state index contributed by atoms with van der Waals surface area (Å²) >= 11 is 0. The predicted molar refractivity (Wildman–Crippen MR) is 60.7 cm³/mol. The third-order valence-corrected chi connectivity index (χ3v) is 2.25. The van der Waals surface area contributed by atoms with Crippen molar-refractivity contribution in [3.8, 4) is 11.5 Å². The molecule has 0 radical (unpaired) electrons. The van der Waals surface area contributed by atoms with Crippen molar-refractivity contribution in [3.05, 3.63) is 23.8 Å². The highest BCUT2D eigenvalue weighted by Gasteiger charge is 2.18. The van der Waals surface area contributed by atoms with Crippen LogP contribution >= 0.6 is 12.4 Å². The van der Waals surface area contributed by atoms with Crippen LogP contribution in [0.2, 0.25) is 0 Å². The van der Waals surface area contributed by atoms with Gasteiger partial charge in [0, 0.05) is 18.2 Å². The van der Waals surface area contributed by atoms with Crippen molar-refractivity contribution in [2.75, 3.05) is 19.8 Å². The lowest BCUT2D eigenvalue weighted by molar-refractivity contribution is 0.169. The van der Waals surface area contributed by atoms with Gasteiger partial charge in [0.2, 0.25) is 0 Å². The minimum absolute atomic E-state index is 0. The molecule has 1 atom stereocenters. The second kappa shape index (κ2) is 5.21. The first-order valence-electron chi connectivity index (χ1n) is 4.67. The average molecular weight is 231 g/mol. The summed E-state index contributed by atoms with van der Waals surface area (Å²) in [6.07, 6.45) is 0. The lowest BCUT2D eigenvalue weighted by atomic mass is 10.1. The van der Waals surface area contributed by atoms with E-state index in [-0.39, 0.29) is 18.4 Å². The van der Waals surface area contributed by atoms with Crippen molar-refractivity contribution in [3.63, 3.8) is 0 Å². The van der Waals surface area contributed by atoms with E-state index in [2.05, 4.69) is 0 Å². The van der Waals surface area contributed by atoms with Gasteiger partial charge in [-0.05, 0) is 6.07 Å². The van der Waals surface area contributed by atoms with E-state index in [9.17, 15) is 0 Å². The van der Waals surface area contributed by atoms with E-state index in [1.165, 1.54) is 0 Å². The Kier molecular flexibility index (Phi) is 4.20. The molecule has 5 heteroatoms. The van der Waals surface area contributed by atoms with E-state index < -0.39 is 0 Å². The minimum Gasteiger partial charge on any atom is -0.486 e. The number of rotatable bonds is 2. The van der Waals surface area contributed by atoms with Gasteiger partial charge in [-0.15, -0.1) is 12.4 Å².